The van der Waals surface area contributed by atoms with Crippen LogP contribution in [0, 0.1) is 11.8 Å². The number of allylic oxidation sites excluding steroid dienone is 1. The van der Waals surface area contributed by atoms with Gasteiger partial charge in [-0.05, 0) is 56.9 Å². The number of aliphatic hydroxyl groups excluding tert-OH is 1. The molecule has 1 aliphatic carbocycles. The van der Waals surface area contributed by atoms with Crippen LogP contribution in [0.5, 0.6) is 5.75 Å². The van der Waals surface area contributed by atoms with Crippen LogP contribution >= 0.6 is 0 Å². The van der Waals surface area contributed by atoms with E-state index in [2.05, 4.69) is 4.99 Å². The van der Waals surface area contributed by atoms with Crippen LogP contribution in [0.15, 0.2) is 35.0 Å². The molecule has 1 aliphatic heterocycles. The van der Waals surface area contributed by atoms with Gasteiger partial charge in [0.2, 0.25) is 0 Å². The number of carbonyl (C=O) groups is 2. The van der Waals surface area contributed by atoms with E-state index in [1.54, 1.807) is 52.1 Å². The van der Waals surface area contributed by atoms with E-state index in [0.29, 0.717) is 36.3 Å². The highest BCUT2D eigenvalue weighted by Gasteiger charge is 2.44. The van der Waals surface area contributed by atoms with Gasteiger partial charge in [0.05, 0.1) is 19.1 Å². The molecule has 1 saturated carbocycles. The molecule has 1 aromatic carbocycles. The van der Waals surface area contributed by atoms with Crippen molar-refractivity contribution in [3.8, 4) is 5.75 Å². The lowest BCUT2D eigenvalue weighted by atomic mass is 9.87. The number of benzene rings is 1. The smallest absolute Gasteiger partial charge is 0.354 e. The number of methoxy groups -OCH3 is 1. The first-order valence-corrected chi connectivity index (χ1v) is 9.68. The minimum absolute atomic E-state index is 0.0190. The number of rotatable bonds is 5. The Labute approximate surface area is 170 Å². The second kappa shape index (κ2) is 7.99. The van der Waals surface area contributed by atoms with Gasteiger partial charge >= 0.3 is 11.9 Å². The van der Waals surface area contributed by atoms with Crippen molar-refractivity contribution in [2.75, 3.05) is 7.11 Å². The van der Waals surface area contributed by atoms with Gasteiger partial charge in [0.25, 0.3) is 0 Å². The van der Waals surface area contributed by atoms with E-state index >= 15 is 0 Å². The molecule has 2 aliphatic rings. The van der Waals surface area contributed by atoms with Crippen molar-refractivity contribution in [1.29, 1.82) is 0 Å². The quantitative estimate of drug-likeness (QED) is 0.735. The molecule has 3 atom stereocenters. The maximum absolute atomic E-state index is 12.7. The summed E-state index contributed by atoms with van der Waals surface area (Å²) in [7, 11) is 1.57. The Balaban J connectivity index is 1.86. The van der Waals surface area contributed by atoms with Crippen LogP contribution in [0.3, 0.4) is 0 Å². The molecule has 1 unspecified atom stereocenters. The molecule has 0 amide bonds. The van der Waals surface area contributed by atoms with Crippen molar-refractivity contribution in [1.82, 2.24) is 0 Å². The fourth-order valence-corrected chi connectivity index (χ4v) is 3.95. The number of aliphatic hydroxyl groups is 1. The van der Waals surface area contributed by atoms with Crippen LogP contribution in [0.1, 0.15) is 45.6 Å². The van der Waals surface area contributed by atoms with E-state index in [9.17, 15) is 19.8 Å². The molecule has 0 radical (unpaired) electrons. The van der Waals surface area contributed by atoms with Crippen LogP contribution < -0.4 is 4.74 Å². The summed E-state index contributed by atoms with van der Waals surface area (Å²) in [6.07, 6.45) is 0.341. The van der Waals surface area contributed by atoms with Crippen molar-refractivity contribution in [2.24, 2.45) is 16.8 Å². The molecular formula is C22H27NO6. The predicted octanol–water partition coefficient (Wildman–Crippen LogP) is 3.06. The molecule has 1 heterocycles. The topological polar surface area (TPSA) is 105 Å². The van der Waals surface area contributed by atoms with Crippen LogP contribution in [0.25, 0.3) is 5.57 Å². The van der Waals surface area contributed by atoms with E-state index in [1.165, 1.54) is 0 Å². The number of carbonyl (C=O) groups excluding carboxylic acids is 1. The molecule has 0 aromatic heterocycles. The lowest BCUT2D eigenvalue weighted by Crippen LogP contribution is -2.32. The normalized spacial score (nSPS) is 24.4. The molecule has 7 nitrogen and oxygen atoms in total. The van der Waals surface area contributed by atoms with Gasteiger partial charge in [0.15, 0.2) is 5.70 Å². The number of aliphatic carboxylic acids is 1. The first-order chi connectivity index (χ1) is 13.6. The Hall–Kier alpha value is -2.67. The summed E-state index contributed by atoms with van der Waals surface area (Å²) in [5.74, 6) is -1.69. The van der Waals surface area contributed by atoms with Gasteiger partial charge in [-0.25, -0.2) is 9.79 Å². The fraction of sp³-hybridized carbons (Fsp3) is 0.500. The van der Waals surface area contributed by atoms with Crippen molar-refractivity contribution in [2.45, 2.75) is 51.7 Å². The SMILES string of the molecule is COc1ccc(C2=C(C(=O)O)N=C([C@@H]3C[C@@H](O)CC3C(=O)OC(C)(C)C)C2)cc1. The van der Waals surface area contributed by atoms with E-state index in [-0.39, 0.29) is 17.6 Å². The number of esters is 1. The lowest BCUT2D eigenvalue weighted by molar-refractivity contribution is -0.160. The zero-order valence-corrected chi connectivity index (χ0v) is 17.1. The number of carboxylic acids is 1. The van der Waals surface area contributed by atoms with Gasteiger partial charge in [0, 0.05) is 18.1 Å². The van der Waals surface area contributed by atoms with Gasteiger partial charge < -0.3 is 19.7 Å². The summed E-state index contributed by atoms with van der Waals surface area (Å²) in [6.45, 7) is 5.39. The first kappa shape index (κ1) is 21.0. The lowest BCUT2D eigenvalue weighted by Gasteiger charge is -2.25. The van der Waals surface area contributed by atoms with E-state index in [1.807, 2.05) is 0 Å². The molecular weight excluding hydrogens is 374 g/mol. The average molecular weight is 401 g/mol. The van der Waals surface area contributed by atoms with Crippen molar-refractivity contribution < 1.29 is 29.3 Å². The predicted molar refractivity (Wildman–Crippen MR) is 108 cm³/mol. The minimum atomic E-state index is -1.11. The maximum atomic E-state index is 12.7. The zero-order valence-electron chi connectivity index (χ0n) is 17.1. The summed E-state index contributed by atoms with van der Waals surface area (Å²) in [4.78, 5) is 28.9. The molecule has 0 bridgehead atoms. The number of ether oxygens (including phenoxy) is 2. The van der Waals surface area contributed by atoms with Gasteiger partial charge in [-0.1, -0.05) is 12.1 Å². The van der Waals surface area contributed by atoms with Gasteiger partial charge in [0.1, 0.15) is 11.4 Å². The standard InChI is InChI=1S/C22H27NO6/c1-22(2,3)29-21(27)17-10-13(24)9-16(17)18-11-15(19(23-18)20(25)26)12-5-7-14(28-4)8-6-12/h5-8,13,16-17,24H,9-11H2,1-4H3,(H,25,26)/t13-,16-,17?/m1/s1. The molecule has 156 valence electrons. The third-order valence-corrected chi connectivity index (χ3v) is 5.22. The Morgan fingerprint density at radius 1 is 1.14 bits per heavy atom. The Morgan fingerprint density at radius 3 is 2.34 bits per heavy atom. The number of aliphatic imine (C=N–C) groups is 1. The van der Waals surface area contributed by atoms with Gasteiger partial charge in [-0.2, -0.15) is 0 Å². The number of carboxylic acid groups (broad SMARTS) is 1. The van der Waals surface area contributed by atoms with Gasteiger partial charge in [-0.15, -0.1) is 0 Å². The molecule has 1 fully saturated rings. The van der Waals surface area contributed by atoms with Crippen molar-refractivity contribution in [3.63, 3.8) is 0 Å². The number of hydrogen-bond acceptors (Lipinski definition) is 6. The molecule has 3 rings (SSSR count). The highest BCUT2D eigenvalue weighted by Crippen LogP contribution is 2.41. The summed E-state index contributed by atoms with van der Waals surface area (Å²) in [5, 5.41) is 19.8. The molecule has 0 saturated heterocycles. The summed E-state index contributed by atoms with van der Waals surface area (Å²) < 4.78 is 10.7. The first-order valence-electron chi connectivity index (χ1n) is 9.68. The largest absolute Gasteiger partial charge is 0.497 e. The van der Waals surface area contributed by atoms with Crippen LogP contribution in [-0.2, 0) is 14.3 Å². The van der Waals surface area contributed by atoms with Crippen LogP contribution in [-0.4, -0.2) is 46.7 Å². The van der Waals surface area contributed by atoms with Crippen LogP contribution in [0.2, 0.25) is 0 Å². The van der Waals surface area contributed by atoms with E-state index in [4.69, 9.17) is 9.47 Å². The Bertz CT molecular complexity index is 862. The molecule has 1 aromatic rings. The highest BCUT2D eigenvalue weighted by atomic mass is 16.6. The molecule has 2 N–H and O–H groups in total. The Kier molecular flexibility index (Phi) is 5.80. The molecule has 7 heteroatoms. The molecule has 0 spiro atoms. The summed E-state index contributed by atoms with van der Waals surface area (Å²) in [6, 6.07) is 7.13. The third-order valence-electron chi connectivity index (χ3n) is 5.22. The van der Waals surface area contributed by atoms with E-state index < -0.39 is 23.6 Å². The van der Waals surface area contributed by atoms with E-state index in [0.717, 1.165) is 5.56 Å². The van der Waals surface area contributed by atoms with Crippen molar-refractivity contribution >= 4 is 23.2 Å². The summed E-state index contributed by atoms with van der Waals surface area (Å²) in [5.41, 5.74) is 1.30. The summed E-state index contributed by atoms with van der Waals surface area (Å²) >= 11 is 0. The monoisotopic (exact) mass is 401 g/mol. The van der Waals surface area contributed by atoms with Crippen molar-refractivity contribution in [3.05, 3.63) is 35.5 Å². The highest BCUT2D eigenvalue weighted by molar-refractivity contribution is 6.10. The molecule has 29 heavy (non-hydrogen) atoms. The second-order valence-corrected chi connectivity index (χ2v) is 8.51. The average Bonchev–Trinajstić information content (AvgIpc) is 3.24. The van der Waals surface area contributed by atoms with Crippen LogP contribution in [0.4, 0.5) is 0 Å². The third kappa shape index (κ3) is 4.67. The van der Waals surface area contributed by atoms with Gasteiger partial charge in [-0.3, -0.25) is 4.79 Å². The minimum Gasteiger partial charge on any atom is -0.497 e. The maximum Gasteiger partial charge on any atom is 0.354 e. The Morgan fingerprint density at radius 2 is 1.79 bits per heavy atom. The number of hydrogen-bond donors (Lipinski definition) is 2. The second-order valence-electron chi connectivity index (χ2n) is 8.51. The number of nitrogens with zero attached hydrogens (tertiary/aromatic N) is 1. The fourth-order valence-electron chi connectivity index (χ4n) is 3.95. The zero-order chi connectivity index (χ0) is 21.3.